The topological polar surface area (TPSA) is 0 Å². The smallest absolute Gasteiger partial charge is 0.0407 e. The molecule has 0 aromatic carbocycles. The second-order valence-electron chi connectivity index (χ2n) is 2.50. The highest BCUT2D eigenvalue weighted by Crippen LogP contribution is 2.31. The molecule has 0 bridgehead atoms. The van der Waals surface area contributed by atoms with Gasteiger partial charge in [-0.3, -0.25) is 0 Å². The SMILES string of the molecule is [CH2]CC(Br)C(Br)C(Br)C(Br)C[CH2]. The van der Waals surface area contributed by atoms with Crippen LogP contribution in [0.4, 0.5) is 0 Å². The van der Waals surface area contributed by atoms with Crippen LogP contribution >= 0.6 is 63.7 Å². The Balaban J connectivity index is 3.99. The van der Waals surface area contributed by atoms with Gasteiger partial charge in [0.2, 0.25) is 0 Å². The van der Waals surface area contributed by atoms with Crippen LogP contribution in [0.3, 0.4) is 0 Å². The quantitative estimate of drug-likeness (QED) is 0.567. The summed E-state index contributed by atoms with van der Waals surface area (Å²) in [7, 11) is 0. The summed E-state index contributed by atoms with van der Waals surface area (Å²) in [6, 6.07) is 0. The van der Waals surface area contributed by atoms with Gasteiger partial charge in [0.15, 0.2) is 0 Å². The highest BCUT2D eigenvalue weighted by Gasteiger charge is 2.26. The Morgan fingerprint density at radius 1 is 0.750 bits per heavy atom. The summed E-state index contributed by atoms with van der Waals surface area (Å²) in [6.45, 7) is 7.69. The van der Waals surface area contributed by atoms with E-state index < -0.39 is 0 Å². The Morgan fingerprint density at radius 3 is 1.17 bits per heavy atom. The molecule has 0 aliphatic rings. The molecule has 4 atom stereocenters. The fourth-order valence-corrected chi connectivity index (χ4v) is 3.46. The van der Waals surface area contributed by atoms with Crippen molar-refractivity contribution in [1.82, 2.24) is 0 Å². The largest absolute Gasteiger partial charge is 0.0878 e. The number of hydrogen-bond acceptors (Lipinski definition) is 0. The van der Waals surface area contributed by atoms with E-state index in [-0.39, 0.29) is 0 Å². The lowest BCUT2D eigenvalue weighted by molar-refractivity contribution is 0.736. The molecular weight excluding hydrogens is 416 g/mol. The summed E-state index contributed by atoms with van der Waals surface area (Å²) in [5.74, 6) is 0. The molecule has 0 amide bonds. The molecule has 0 saturated carbocycles. The number of hydrogen-bond donors (Lipinski definition) is 0. The molecule has 4 unspecified atom stereocenters. The number of alkyl halides is 4. The fraction of sp³-hybridized carbons (Fsp3) is 0.750. The molecule has 0 aliphatic carbocycles. The summed E-state index contributed by atoms with van der Waals surface area (Å²) < 4.78 is 0. The van der Waals surface area contributed by atoms with Crippen molar-refractivity contribution in [2.45, 2.75) is 32.2 Å². The van der Waals surface area contributed by atoms with E-state index in [1.807, 2.05) is 0 Å². The molecule has 0 nitrogen and oxygen atoms in total. The maximum atomic E-state index is 3.85. The van der Waals surface area contributed by atoms with Gasteiger partial charge in [-0.2, -0.15) is 0 Å². The van der Waals surface area contributed by atoms with E-state index in [0.717, 1.165) is 12.8 Å². The third kappa shape index (κ3) is 4.43. The van der Waals surface area contributed by atoms with Crippen molar-refractivity contribution in [1.29, 1.82) is 0 Å². The molecular formula is C8H12Br4. The van der Waals surface area contributed by atoms with Crippen LogP contribution < -0.4 is 0 Å². The van der Waals surface area contributed by atoms with Gasteiger partial charge < -0.3 is 0 Å². The van der Waals surface area contributed by atoms with Crippen molar-refractivity contribution in [2.24, 2.45) is 0 Å². The van der Waals surface area contributed by atoms with Crippen LogP contribution in [0.1, 0.15) is 12.8 Å². The predicted octanol–water partition coefficient (Wildman–Crippen LogP) is 4.49. The molecule has 72 valence electrons. The van der Waals surface area contributed by atoms with E-state index in [9.17, 15) is 0 Å². The standard InChI is InChI=1S/C8H12Br4/c1-3-5(9)7(11)8(12)6(10)4-2/h5-8H,1-4H2. The summed E-state index contributed by atoms with van der Waals surface area (Å²) in [5, 5.41) is 0. The maximum Gasteiger partial charge on any atom is 0.0407 e. The fourth-order valence-electron chi connectivity index (χ4n) is 0.717. The van der Waals surface area contributed by atoms with Gasteiger partial charge in [0.25, 0.3) is 0 Å². The molecule has 0 N–H and O–H groups in total. The van der Waals surface area contributed by atoms with Gasteiger partial charge >= 0.3 is 0 Å². The summed E-state index contributed by atoms with van der Waals surface area (Å²) in [6.07, 6.45) is 1.74. The molecule has 0 saturated heterocycles. The first-order chi connectivity index (χ1) is 5.54. The van der Waals surface area contributed by atoms with Gasteiger partial charge in [0.05, 0.1) is 0 Å². The minimum Gasteiger partial charge on any atom is -0.0878 e. The van der Waals surface area contributed by atoms with Crippen LogP contribution in [0.5, 0.6) is 0 Å². The molecule has 0 aromatic rings. The maximum absolute atomic E-state index is 3.85. The van der Waals surface area contributed by atoms with Crippen molar-refractivity contribution in [2.75, 3.05) is 0 Å². The van der Waals surface area contributed by atoms with Gasteiger partial charge in [-0.1, -0.05) is 77.6 Å². The van der Waals surface area contributed by atoms with Crippen molar-refractivity contribution in [3.63, 3.8) is 0 Å². The summed E-state index contributed by atoms with van der Waals surface area (Å²) in [5.41, 5.74) is 0. The Kier molecular flexibility index (Phi) is 8.40. The van der Waals surface area contributed by atoms with Gasteiger partial charge in [-0.15, -0.1) is 0 Å². The van der Waals surface area contributed by atoms with Gasteiger partial charge in [0, 0.05) is 19.3 Å². The van der Waals surface area contributed by atoms with Crippen LogP contribution in [0.25, 0.3) is 0 Å². The third-order valence-electron chi connectivity index (χ3n) is 1.55. The highest BCUT2D eigenvalue weighted by atomic mass is 79.9. The van der Waals surface area contributed by atoms with Gasteiger partial charge in [-0.25, -0.2) is 0 Å². The third-order valence-corrected chi connectivity index (χ3v) is 8.15. The number of rotatable bonds is 5. The van der Waals surface area contributed by atoms with E-state index in [1.165, 1.54) is 0 Å². The molecule has 12 heavy (non-hydrogen) atoms. The molecule has 0 rings (SSSR count). The molecule has 0 fully saturated rings. The van der Waals surface area contributed by atoms with Crippen molar-refractivity contribution >= 4 is 63.7 Å². The monoisotopic (exact) mass is 424 g/mol. The first kappa shape index (κ1) is 13.9. The zero-order valence-corrected chi connectivity index (χ0v) is 13.0. The normalized spacial score (nSPS) is 21.5. The van der Waals surface area contributed by atoms with Crippen molar-refractivity contribution in [3.8, 4) is 0 Å². The van der Waals surface area contributed by atoms with E-state index in [1.54, 1.807) is 0 Å². The Bertz CT molecular complexity index is 104. The average Bonchev–Trinajstić information content (AvgIpc) is 2.12. The average molecular weight is 428 g/mol. The van der Waals surface area contributed by atoms with Crippen LogP contribution in [-0.2, 0) is 0 Å². The van der Waals surface area contributed by atoms with E-state index in [2.05, 4.69) is 77.6 Å². The van der Waals surface area contributed by atoms with E-state index >= 15 is 0 Å². The summed E-state index contributed by atoms with van der Waals surface area (Å²) >= 11 is 14.4. The molecule has 0 aromatic heterocycles. The summed E-state index contributed by atoms with van der Waals surface area (Å²) in [4.78, 5) is 1.55. The lowest BCUT2D eigenvalue weighted by Gasteiger charge is -2.24. The highest BCUT2D eigenvalue weighted by molar-refractivity contribution is 9.14. The zero-order valence-electron chi connectivity index (χ0n) is 6.65. The molecule has 4 heteroatoms. The van der Waals surface area contributed by atoms with Gasteiger partial charge in [0.1, 0.15) is 0 Å². The van der Waals surface area contributed by atoms with Gasteiger partial charge in [-0.05, 0) is 12.8 Å². The molecule has 2 radical (unpaired) electrons. The second kappa shape index (κ2) is 7.24. The van der Waals surface area contributed by atoms with Crippen molar-refractivity contribution in [3.05, 3.63) is 13.8 Å². The van der Waals surface area contributed by atoms with E-state index in [4.69, 9.17) is 0 Å². The Morgan fingerprint density at radius 2 is 1.00 bits per heavy atom. The Hall–Kier alpha value is 1.92. The van der Waals surface area contributed by atoms with Crippen LogP contribution in [0, 0.1) is 13.8 Å². The van der Waals surface area contributed by atoms with Crippen molar-refractivity contribution < 1.29 is 0 Å². The van der Waals surface area contributed by atoms with Crippen LogP contribution in [0.15, 0.2) is 0 Å². The predicted molar refractivity (Wildman–Crippen MR) is 70.8 cm³/mol. The van der Waals surface area contributed by atoms with Crippen LogP contribution in [-0.4, -0.2) is 19.3 Å². The first-order valence-electron chi connectivity index (χ1n) is 3.69. The second-order valence-corrected chi connectivity index (χ2v) is 6.97. The molecule has 0 aliphatic heterocycles. The zero-order chi connectivity index (χ0) is 9.72. The first-order valence-corrected chi connectivity index (χ1v) is 7.35. The number of halogens is 4. The van der Waals surface area contributed by atoms with E-state index in [0.29, 0.717) is 19.3 Å². The molecule has 0 heterocycles. The lowest BCUT2D eigenvalue weighted by atomic mass is 10.1. The Labute approximate surface area is 109 Å². The minimum atomic E-state index is 0.376. The molecule has 0 spiro atoms. The minimum absolute atomic E-state index is 0.376. The van der Waals surface area contributed by atoms with Crippen LogP contribution in [0.2, 0.25) is 0 Å². The lowest BCUT2D eigenvalue weighted by Crippen LogP contribution is -2.30.